The summed E-state index contributed by atoms with van der Waals surface area (Å²) < 4.78 is 1.38. The SMILES string of the molecule is CCC(N)c1n[nH]c(=O)n1-c1cc(Cl)cc(Cl)c1. The topological polar surface area (TPSA) is 76.7 Å². The molecular weight excluding hydrogens is 275 g/mol. The van der Waals surface area contributed by atoms with E-state index in [1.807, 2.05) is 6.92 Å². The first-order chi connectivity index (χ1) is 8.52. The molecule has 1 unspecified atom stereocenters. The molecule has 1 aromatic heterocycles. The van der Waals surface area contributed by atoms with Crippen molar-refractivity contribution in [2.75, 3.05) is 0 Å². The van der Waals surface area contributed by atoms with E-state index in [1.54, 1.807) is 18.2 Å². The minimum atomic E-state index is -0.368. The lowest BCUT2D eigenvalue weighted by atomic mass is 10.2. The lowest BCUT2D eigenvalue weighted by Gasteiger charge is -2.10. The largest absolute Gasteiger partial charge is 0.347 e. The maximum atomic E-state index is 11.8. The normalized spacial score (nSPS) is 12.7. The number of nitrogens with zero attached hydrogens (tertiary/aromatic N) is 2. The first-order valence-electron chi connectivity index (χ1n) is 5.42. The second-order valence-corrected chi connectivity index (χ2v) is 4.74. The Kier molecular flexibility index (Phi) is 3.75. The molecule has 2 rings (SSSR count). The van der Waals surface area contributed by atoms with E-state index in [-0.39, 0.29) is 11.7 Å². The van der Waals surface area contributed by atoms with Crippen LogP contribution < -0.4 is 11.4 Å². The third-order valence-corrected chi connectivity index (χ3v) is 3.01. The summed E-state index contributed by atoms with van der Waals surface area (Å²) in [6.07, 6.45) is 0.665. The highest BCUT2D eigenvalue weighted by atomic mass is 35.5. The van der Waals surface area contributed by atoms with Gasteiger partial charge in [-0.3, -0.25) is 0 Å². The molecule has 0 bridgehead atoms. The molecule has 1 heterocycles. The van der Waals surface area contributed by atoms with Gasteiger partial charge in [-0.05, 0) is 24.6 Å². The van der Waals surface area contributed by atoms with Crippen molar-refractivity contribution in [3.8, 4) is 5.69 Å². The summed E-state index contributed by atoms with van der Waals surface area (Å²) in [5, 5.41) is 7.21. The van der Waals surface area contributed by atoms with Crippen molar-refractivity contribution in [1.82, 2.24) is 14.8 Å². The molecule has 0 aliphatic heterocycles. The first kappa shape index (κ1) is 13.1. The van der Waals surface area contributed by atoms with E-state index in [0.29, 0.717) is 28.0 Å². The Labute approximate surface area is 114 Å². The Hall–Kier alpha value is -1.30. The van der Waals surface area contributed by atoms with E-state index in [2.05, 4.69) is 10.2 Å². The highest BCUT2D eigenvalue weighted by Gasteiger charge is 2.16. The number of hydrogen-bond donors (Lipinski definition) is 2. The van der Waals surface area contributed by atoms with Crippen molar-refractivity contribution >= 4 is 23.2 Å². The number of H-pyrrole nitrogens is 1. The zero-order valence-corrected chi connectivity index (χ0v) is 11.2. The maximum Gasteiger partial charge on any atom is 0.347 e. The van der Waals surface area contributed by atoms with E-state index in [9.17, 15) is 4.79 Å². The van der Waals surface area contributed by atoms with Crippen LogP contribution in [0.15, 0.2) is 23.0 Å². The van der Waals surface area contributed by atoms with Gasteiger partial charge in [0.05, 0.1) is 11.7 Å². The van der Waals surface area contributed by atoms with Gasteiger partial charge in [-0.2, -0.15) is 5.10 Å². The number of nitrogens with two attached hydrogens (primary N) is 1. The van der Waals surface area contributed by atoms with Gasteiger partial charge in [0, 0.05) is 10.0 Å². The van der Waals surface area contributed by atoms with Gasteiger partial charge in [-0.25, -0.2) is 14.5 Å². The van der Waals surface area contributed by atoms with Crippen molar-refractivity contribution in [3.05, 3.63) is 44.6 Å². The Bertz CT molecular complexity index is 599. The zero-order valence-electron chi connectivity index (χ0n) is 9.65. The molecule has 0 saturated heterocycles. The fourth-order valence-corrected chi connectivity index (χ4v) is 2.17. The predicted octanol–water partition coefficient (Wildman–Crippen LogP) is 2.28. The van der Waals surface area contributed by atoms with Crippen LogP contribution in [-0.2, 0) is 0 Å². The molecule has 0 aliphatic rings. The van der Waals surface area contributed by atoms with Gasteiger partial charge in [-0.1, -0.05) is 30.1 Å². The van der Waals surface area contributed by atoms with Crippen LogP contribution in [0.2, 0.25) is 10.0 Å². The predicted molar refractivity (Wildman–Crippen MR) is 71.4 cm³/mol. The number of nitrogens with one attached hydrogen (secondary N) is 1. The molecular formula is C11H12Cl2N4O. The Balaban J connectivity index is 2.63. The molecule has 5 nitrogen and oxygen atoms in total. The summed E-state index contributed by atoms with van der Waals surface area (Å²) in [5.74, 6) is 0.459. The van der Waals surface area contributed by atoms with Crippen molar-refractivity contribution in [2.45, 2.75) is 19.4 Å². The Morgan fingerprint density at radius 3 is 2.56 bits per heavy atom. The molecule has 0 saturated carbocycles. The highest BCUT2D eigenvalue weighted by molar-refractivity contribution is 6.34. The van der Waals surface area contributed by atoms with Crippen LogP contribution in [0.5, 0.6) is 0 Å². The average Bonchev–Trinajstić information content (AvgIpc) is 2.69. The second kappa shape index (κ2) is 5.14. The quantitative estimate of drug-likeness (QED) is 0.909. The van der Waals surface area contributed by atoms with Crippen LogP contribution >= 0.6 is 23.2 Å². The summed E-state index contributed by atoms with van der Waals surface area (Å²) >= 11 is 11.8. The van der Waals surface area contributed by atoms with E-state index < -0.39 is 0 Å². The number of hydrogen-bond acceptors (Lipinski definition) is 3. The van der Waals surface area contributed by atoms with Crippen LogP contribution in [0.4, 0.5) is 0 Å². The van der Waals surface area contributed by atoms with Gasteiger partial charge in [0.15, 0.2) is 5.82 Å². The molecule has 0 amide bonds. The lowest BCUT2D eigenvalue weighted by molar-refractivity contribution is 0.631. The van der Waals surface area contributed by atoms with Crippen molar-refractivity contribution < 1.29 is 0 Å². The fourth-order valence-electron chi connectivity index (χ4n) is 1.66. The Morgan fingerprint density at radius 1 is 1.39 bits per heavy atom. The number of benzene rings is 1. The van der Waals surface area contributed by atoms with Crippen LogP contribution in [0, 0.1) is 0 Å². The van der Waals surface area contributed by atoms with Crippen LogP contribution in [0.25, 0.3) is 5.69 Å². The van der Waals surface area contributed by atoms with Crippen molar-refractivity contribution in [3.63, 3.8) is 0 Å². The van der Waals surface area contributed by atoms with E-state index in [4.69, 9.17) is 28.9 Å². The molecule has 3 N–H and O–H groups in total. The third-order valence-electron chi connectivity index (χ3n) is 2.58. The minimum Gasteiger partial charge on any atom is -0.321 e. The summed E-state index contributed by atoms with van der Waals surface area (Å²) in [4.78, 5) is 11.8. The van der Waals surface area contributed by atoms with E-state index in [0.717, 1.165) is 0 Å². The molecule has 96 valence electrons. The Morgan fingerprint density at radius 2 is 2.00 bits per heavy atom. The second-order valence-electron chi connectivity index (χ2n) is 3.86. The molecule has 1 atom stereocenters. The van der Waals surface area contributed by atoms with E-state index >= 15 is 0 Å². The van der Waals surface area contributed by atoms with Crippen molar-refractivity contribution in [2.24, 2.45) is 5.73 Å². The molecule has 7 heteroatoms. The summed E-state index contributed by atoms with van der Waals surface area (Å²) in [5.41, 5.74) is 6.09. The number of halogens is 2. The standard InChI is InChI=1S/C11H12Cl2N4O/c1-2-9(14)10-15-16-11(18)17(10)8-4-6(12)3-7(13)5-8/h3-5,9H,2,14H2,1H3,(H,16,18). The zero-order chi connectivity index (χ0) is 13.3. The first-order valence-corrected chi connectivity index (χ1v) is 6.18. The van der Waals surface area contributed by atoms with Crippen LogP contribution in [0.1, 0.15) is 25.2 Å². The van der Waals surface area contributed by atoms with Crippen LogP contribution in [0.3, 0.4) is 0 Å². The summed E-state index contributed by atoms with van der Waals surface area (Å²) in [6, 6.07) is 4.53. The summed E-state index contributed by atoms with van der Waals surface area (Å²) in [6.45, 7) is 1.92. The number of rotatable bonds is 3. The van der Waals surface area contributed by atoms with Crippen molar-refractivity contribution in [1.29, 1.82) is 0 Å². The molecule has 0 fully saturated rings. The van der Waals surface area contributed by atoms with E-state index in [1.165, 1.54) is 4.57 Å². The minimum absolute atomic E-state index is 0.332. The number of aromatic nitrogens is 3. The smallest absolute Gasteiger partial charge is 0.321 e. The molecule has 1 aromatic carbocycles. The average molecular weight is 287 g/mol. The van der Waals surface area contributed by atoms with Gasteiger partial charge in [0.2, 0.25) is 0 Å². The molecule has 18 heavy (non-hydrogen) atoms. The lowest BCUT2D eigenvalue weighted by Crippen LogP contribution is -2.21. The van der Waals surface area contributed by atoms with Gasteiger partial charge >= 0.3 is 5.69 Å². The van der Waals surface area contributed by atoms with Crippen LogP contribution in [-0.4, -0.2) is 14.8 Å². The van der Waals surface area contributed by atoms with Gasteiger partial charge < -0.3 is 5.73 Å². The number of aromatic amines is 1. The maximum absolute atomic E-state index is 11.8. The molecule has 0 radical (unpaired) electrons. The van der Waals surface area contributed by atoms with Gasteiger partial charge in [-0.15, -0.1) is 0 Å². The monoisotopic (exact) mass is 286 g/mol. The van der Waals surface area contributed by atoms with Gasteiger partial charge in [0.25, 0.3) is 0 Å². The third kappa shape index (κ3) is 2.43. The highest BCUT2D eigenvalue weighted by Crippen LogP contribution is 2.22. The fraction of sp³-hybridized carbons (Fsp3) is 0.273. The molecule has 2 aromatic rings. The summed E-state index contributed by atoms with van der Waals surface area (Å²) in [7, 11) is 0. The molecule has 0 aliphatic carbocycles. The molecule has 0 spiro atoms. The van der Waals surface area contributed by atoms with Gasteiger partial charge in [0.1, 0.15) is 0 Å².